The first kappa shape index (κ1) is 18.8. The molecule has 2 heterocycles. The molecule has 28 heavy (non-hydrogen) atoms. The molecule has 1 saturated heterocycles. The number of para-hydroxylation sites is 1. The van der Waals surface area contributed by atoms with Crippen LogP contribution in [0.25, 0.3) is 0 Å². The molecule has 3 N–H and O–H groups in total. The lowest BCUT2D eigenvalue weighted by molar-refractivity contribution is -0.125. The first-order valence-corrected chi connectivity index (χ1v) is 9.85. The van der Waals surface area contributed by atoms with Crippen molar-refractivity contribution >= 4 is 5.91 Å². The van der Waals surface area contributed by atoms with Gasteiger partial charge in [0.2, 0.25) is 5.91 Å². The summed E-state index contributed by atoms with van der Waals surface area (Å²) in [6, 6.07) is 16.2. The molecule has 3 unspecified atom stereocenters. The van der Waals surface area contributed by atoms with Crippen molar-refractivity contribution in [3.63, 3.8) is 0 Å². The van der Waals surface area contributed by atoms with Crippen molar-refractivity contribution in [2.75, 3.05) is 26.8 Å². The van der Waals surface area contributed by atoms with Crippen molar-refractivity contribution in [1.29, 1.82) is 0 Å². The number of hydrogen-bond donors (Lipinski definition) is 3. The summed E-state index contributed by atoms with van der Waals surface area (Å²) in [5, 5.41) is 3.18. The Balaban J connectivity index is 1.36. The van der Waals surface area contributed by atoms with E-state index in [4.69, 9.17) is 9.47 Å². The first-order valence-electron chi connectivity index (χ1n) is 9.85. The molecular weight excluding hydrogens is 354 g/mol. The molecule has 0 aromatic heterocycles. The van der Waals surface area contributed by atoms with Crippen molar-refractivity contribution in [3.05, 3.63) is 59.7 Å². The molecule has 0 radical (unpaired) electrons. The number of hydrazine groups is 1. The van der Waals surface area contributed by atoms with Gasteiger partial charge in [0, 0.05) is 24.9 Å². The minimum absolute atomic E-state index is 0.0505. The molecule has 2 aromatic carbocycles. The second-order valence-corrected chi connectivity index (χ2v) is 7.43. The first-order chi connectivity index (χ1) is 13.7. The zero-order valence-electron chi connectivity index (χ0n) is 16.1. The number of ether oxygens (including phenoxy) is 2. The van der Waals surface area contributed by atoms with Gasteiger partial charge in [0.25, 0.3) is 0 Å². The third-order valence-corrected chi connectivity index (χ3v) is 5.64. The molecular formula is C22H27N3O3. The highest BCUT2D eigenvalue weighted by Gasteiger charge is 2.30. The van der Waals surface area contributed by atoms with Gasteiger partial charge in [-0.2, -0.15) is 0 Å². The van der Waals surface area contributed by atoms with Gasteiger partial charge < -0.3 is 14.8 Å². The Morgan fingerprint density at radius 3 is 2.86 bits per heavy atom. The molecule has 0 saturated carbocycles. The molecule has 3 atom stereocenters. The standard InChI is InChI=1S/C22H27N3O3/c1-27-19-8-6-15(7-9-19)21-18(14-24-25-21)13-23-22(26)17-10-11-28-20-5-3-2-4-16(20)12-17/h2-9,17-18,21,24-25H,10-14H2,1H3,(H,23,26). The fraction of sp³-hybridized carbons (Fsp3) is 0.409. The van der Waals surface area contributed by atoms with E-state index in [9.17, 15) is 4.79 Å². The number of nitrogens with one attached hydrogen (secondary N) is 3. The predicted octanol–water partition coefficient (Wildman–Crippen LogP) is 2.22. The van der Waals surface area contributed by atoms with Crippen LogP contribution in [0.2, 0.25) is 0 Å². The van der Waals surface area contributed by atoms with Crippen LogP contribution in [0.1, 0.15) is 23.6 Å². The number of carbonyl (C=O) groups is 1. The largest absolute Gasteiger partial charge is 0.497 e. The van der Waals surface area contributed by atoms with Gasteiger partial charge in [-0.3, -0.25) is 10.2 Å². The average molecular weight is 381 g/mol. The lowest BCUT2D eigenvalue weighted by Crippen LogP contribution is -2.37. The molecule has 4 rings (SSSR count). The van der Waals surface area contributed by atoms with E-state index >= 15 is 0 Å². The van der Waals surface area contributed by atoms with E-state index in [2.05, 4.69) is 28.3 Å². The number of hydrogen-bond acceptors (Lipinski definition) is 5. The van der Waals surface area contributed by atoms with E-state index < -0.39 is 0 Å². The molecule has 2 aliphatic rings. The van der Waals surface area contributed by atoms with E-state index in [1.807, 2.05) is 36.4 Å². The van der Waals surface area contributed by atoms with Crippen LogP contribution >= 0.6 is 0 Å². The fourth-order valence-corrected chi connectivity index (χ4v) is 3.98. The van der Waals surface area contributed by atoms with Gasteiger partial charge >= 0.3 is 0 Å². The van der Waals surface area contributed by atoms with Crippen molar-refractivity contribution in [3.8, 4) is 11.5 Å². The maximum absolute atomic E-state index is 12.8. The van der Waals surface area contributed by atoms with Gasteiger partial charge in [0.05, 0.1) is 19.8 Å². The third-order valence-electron chi connectivity index (χ3n) is 5.64. The number of benzene rings is 2. The van der Waals surface area contributed by atoms with Crippen LogP contribution in [0.4, 0.5) is 0 Å². The van der Waals surface area contributed by atoms with Crippen LogP contribution in [-0.2, 0) is 11.2 Å². The normalized spacial score (nSPS) is 24.0. The summed E-state index contributed by atoms with van der Waals surface area (Å²) in [5.74, 6) is 2.09. The van der Waals surface area contributed by atoms with Crippen LogP contribution in [0.15, 0.2) is 48.5 Å². The van der Waals surface area contributed by atoms with E-state index in [-0.39, 0.29) is 23.8 Å². The number of methoxy groups -OCH3 is 1. The maximum atomic E-state index is 12.8. The molecule has 1 fully saturated rings. The van der Waals surface area contributed by atoms with E-state index in [1.165, 1.54) is 5.56 Å². The molecule has 0 aliphatic carbocycles. The lowest BCUT2D eigenvalue weighted by Gasteiger charge is -2.21. The van der Waals surface area contributed by atoms with Gasteiger partial charge in [-0.15, -0.1) is 0 Å². The summed E-state index contributed by atoms with van der Waals surface area (Å²) in [6.07, 6.45) is 1.47. The maximum Gasteiger partial charge on any atom is 0.223 e. The van der Waals surface area contributed by atoms with E-state index in [0.717, 1.165) is 36.4 Å². The Bertz CT molecular complexity index is 809. The van der Waals surface area contributed by atoms with Crippen LogP contribution in [-0.4, -0.2) is 32.7 Å². The molecule has 0 bridgehead atoms. The minimum atomic E-state index is -0.0505. The number of carbonyl (C=O) groups excluding carboxylic acids is 1. The van der Waals surface area contributed by atoms with Crippen LogP contribution in [0.5, 0.6) is 11.5 Å². The zero-order valence-corrected chi connectivity index (χ0v) is 16.1. The van der Waals surface area contributed by atoms with E-state index in [1.54, 1.807) is 7.11 Å². The smallest absolute Gasteiger partial charge is 0.223 e. The molecule has 1 amide bonds. The van der Waals surface area contributed by atoms with Crippen molar-refractivity contribution in [2.24, 2.45) is 11.8 Å². The highest BCUT2D eigenvalue weighted by atomic mass is 16.5. The molecule has 2 aliphatic heterocycles. The number of rotatable bonds is 5. The van der Waals surface area contributed by atoms with Crippen LogP contribution in [0, 0.1) is 11.8 Å². The molecule has 6 nitrogen and oxygen atoms in total. The van der Waals surface area contributed by atoms with Crippen molar-refractivity contribution in [2.45, 2.75) is 18.9 Å². The Morgan fingerprint density at radius 1 is 1.21 bits per heavy atom. The summed E-state index contributed by atoms with van der Waals surface area (Å²) < 4.78 is 11.0. The molecule has 148 valence electrons. The number of fused-ring (bicyclic) bond motifs is 1. The minimum Gasteiger partial charge on any atom is -0.497 e. The van der Waals surface area contributed by atoms with Gasteiger partial charge in [-0.1, -0.05) is 30.3 Å². The van der Waals surface area contributed by atoms with Gasteiger partial charge in [-0.25, -0.2) is 5.43 Å². The second kappa shape index (κ2) is 8.63. The SMILES string of the molecule is COc1ccc(C2NNCC2CNC(=O)C2CCOc3ccccc3C2)cc1. The summed E-state index contributed by atoms with van der Waals surface area (Å²) in [7, 11) is 1.67. The molecule has 6 heteroatoms. The molecule has 2 aromatic rings. The summed E-state index contributed by atoms with van der Waals surface area (Å²) in [4.78, 5) is 12.8. The number of amides is 1. The van der Waals surface area contributed by atoms with Gasteiger partial charge in [0.15, 0.2) is 0 Å². The van der Waals surface area contributed by atoms with Gasteiger partial charge in [-0.05, 0) is 42.2 Å². The monoisotopic (exact) mass is 381 g/mol. The van der Waals surface area contributed by atoms with Crippen molar-refractivity contribution in [1.82, 2.24) is 16.2 Å². The summed E-state index contributed by atoms with van der Waals surface area (Å²) in [6.45, 7) is 2.03. The quantitative estimate of drug-likeness (QED) is 0.741. The Kier molecular flexibility index (Phi) is 5.78. The highest BCUT2D eigenvalue weighted by molar-refractivity contribution is 5.79. The summed E-state index contributed by atoms with van der Waals surface area (Å²) in [5.41, 5.74) is 8.84. The summed E-state index contributed by atoms with van der Waals surface area (Å²) >= 11 is 0. The van der Waals surface area contributed by atoms with Crippen LogP contribution < -0.4 is 25.6 Å². The highest BCUT2D eigenvalue weighted by Crippen LogP contribution is 2.28. The van der Waals surface area contributed by atoms with Crippen molar-refractivity contribution < 1.29 is 14.3 Å². The zero-order chi connectivity index (χ0) is 19.3. The Labute approximate surface area is 165 Å². The predicted molar refractivity (Wildman–Crippen MR) is 107 cm³/mol. The Morgan fingerprint density at radius 2 is 2.04 bits per heavy atom. The average Bonchev–Trinajstić information content (AvgIpc) is 3.10. The topological polar surface area (TPSA) is 71.6 Å². The fourth-order valence-electron chi connectivity index (χ4n) is 3.98. The third kappa shape index (κ3) is 4.13. The second-order valence-electron chi connectivity index (χ2n) is 7.43. The lowest BCUT2D eigenvalue weighted by atomic mass is 9.93. The van der Waals surface area contributed by atoms with E-state index in [0.29, 0.717) is 13.2 Å². The van der Waals surface area contributed by atoms with Gasteiger partial charge in [0.1, 0.15) is 11.5 Å². The Hall–Kier alpha value is -2.57. The molecule has 0 spiro atoms. The van der Waals surface area contributed by atoms with Crippen LogP contribution in [0.3, 0.4) is 0 Å².